The third-order valence-electron chi connectivity index (χ3n) is 3.22. The molecule has 3 nitrogen and oxygen atoms in total. The van der Waals surface area contributed by atoms with E-state index in [1.807, 2.05) is 18.2 Å². The number of hydrogen-bond acceptors (Lipinski definition) is 3. The molecule has 2 rings (SSSR count). The first-order valence-corrected chi connectivity index (χ1v) is 7.25. The topological polar surface area (TPSA) is 38.3 Å². The van der Waals surface area contributed by atoms with Gasteiger partial charge in [0.15, 0.2) is 0 Å². The van der Waals surface area contributed by atoms with Crippen molar-refractivity contribution in [3.8, 4) is 5.75 Å². The van der Waals surface area contributed by atoms with Gasteiger partial charge in [-0.05, 0) is 36.1 Å². The summed E-state index contributed by atoms with van der Waals surface area (Å²) in [5, 5.41) is 2.91. The van der Waals surface area contributed by atoms with Gasteiger partial charge in [-0.25, -0.2) is 0 Å². The van der Waals surface area contributed by atoms with Crippen LogP contribution in [0.5, 0.6) is 5.75 Å². The molecule has 0 bridgehead atoms. The van der Waals surface area contributed by atoms with Crippen LogP contribution in [0.25, 0.3) is 0 Å². The normalized spacial score (nSPS) is 16.2. The average molecular weight is 330 g/mol. The molecule has 0 aromatic heterocycles. The highest BCUT2D eigenvalue weighted by Gasteiger charge is 2.42. The number of amides is 1. The fourth-order valence-electron chi connectivity index (χ4n) is 1.87. The number of benzene rings is 1. The number of anilines is 1. The summed E-state index contributed by atoms with van der Waals surface area (Å²) in [4.78, 5) is 11.9. The van der Waals surface area contributed by atoms with Crippen molar-refractivity contribution in [1.29, 1.82) is 0 Å². The van der Waals surface area contributed by atoms with E-state index >= 15 is 0 Å². The highest BCUT2D eigenvalue weighted by atomic mass is 79.9. The maximum Gasteiger partial charge on any atom is 0.224 e. The van der Waals surface area contributed by atoms with Crippen LogP contribution in [0.1, 0.15) is 19.3 Å². The molecule has 0 unspecified atom stereocenters. The van der Waals surface area contributed by atoms with E-state index in [4.69, 9.17) is 4.74 Å². The van der Waals surface area contributed by atoms with Gasteiger partial charge in [-0.15, -0.1) is 0 Å². The maximum absolute atomic E-state index is 11.9. The van der Waals surface area contributed by atoms with Crippen LogP contribution in [0.4, 0.5) is 5.69 Å². The lowest BCUT2D eigenvalue weighted by atomic mass is 10.1. The van der Waals surface area contributed by atoms with Gasteiger partial charge in [-0.3, -0.25) is 4.79 Å². The molecule has 1 fully saturated rings. The molecule has 1 aliphatic carbocycles. The summed E-state index contributed by atoms with van der Waals surface area (Å²) >= 11 is 7.69. The van der Waals surface area contributed by atoms with Crippen LogP contribution >= 0.6 is 28.6 Å². The molecule has 0 aliphatic heterocycles. The quantitative estimate of drug-likeness (QED) is 0.811. The van der Waals surface area contributed by atoms with Crippen molar-refractivity contribution in [2.75, 3.05) is 18.2 Å². The first kappa shape index (κ1) is 13.7. The van der Waals surface area contributed by atoms with Crippen molar-refractivity contribution < 1.29 is 9.53 Å². The molecular formula is C13H16BrNO2S. The summed E-state index contributed by atoms with van der Waals surface area (Å²) in [6.45, 7) is 0. The SMILES string of the molecule is COc1cc(Br)cc(NC(=O)CC2(CS)CC2)c1. The third-order valence-corrected chi connectivity index (χ3v) is 4.35. The van der Waals surface area contributed by atoms with E-state index in [0.29, 0.717) is 6.42 Å². The fourth-order valence-corrected chi connectivity index (χ4v) is 2.77. The molecule has 1 amide bonds. The molecule has 98 valence electrons. The van der Waals surface area contributed by atoms with E-state index in [2.05, 4.69) is 33.9 Å². The van der Waals surface area contributed by atoms with Crippen molar-refractivity contribution in [1.82, 2.24) is 0 Å². The number of thiol groups is 1. The second-order valence-corrected chi connectivity index (χ2v) is 5.99. The molecule has 0 atom stereocenters. The second kappa shape index (κ2) is 5.53. The fraction of sp³-hybridized carbons (Fsp3) is 0.462. The number of ether oxygens (including phenoxy) is 1. The molecule has 1 aliphatic rings. The molecule has 0 saturated heterocycles. The Bertz CT molecular complexity index is 460. The van der Waals surface area contributed by atoms with Gasteiger partial charge in [0.05, 0.1) is 7.11 Å². The molecule has 5 heteroatoms. The molecule has 0 heterocycles. The summed E-state index contributed by atoms with van der Waals surface area (Å²) in [5.41, 5.74) is 0.893. The number of rotatable bonds is 5. The first-order chi connectivity index (χ1) is 8.57. The monoisotopic (exact) mass is 329 g/mol. The van der Waals surface area contributed by atoms with Gasteiger partial charge >= 0.3 is 0 Å². The Labute approximate surface area is 121 Å². The zero-order valence-corrected chi connectivity index (χ0v) is 12.7. The van der Waals surface area contributed by atoms with Gasteiger partial charge in [0.25, 0.3) is 0 Å². The van der Waals surface area contributed by atoms with Crippen LogP contribution in [0.3, 0.4) is 0 Å². The molecule has 1 saturated carbocycles. The van der Waals surface area contributed by atoms with Crippen molar-refractivity contribution in [2.24, 2.45) is 5.41 Å². The summed E-state index contributed by atoms with van der Waals surface area (Å²) in [6.07, 6.45) is 2.75. The van der Waals surface area contributed by atoms with Gasteiger partial charge in [0.2, 0.25) is 5.91 Å². The summed E-state index contributed by atoms with van der Waals surface area (Å²) in [7, 11) is 1.60. The maximum atomic E-state index is 11.9. The number of halogens is 1. The molecule has 1 aromatic carbocycles. The lowest BCUT2D eigenvalue weighted by Crippen LogP contribution is -2.18. The van der Waals surface area contributed by atoms with Gasteiger partial charge in [0, 0.05) is 22.6 Å². The second-order valence-electron chi connectivity index (χ2n) is 4.76. The molecular weight excluding hydrogens is 314 g/mol. The van der Waals surface area contributed by atoms with Crippen LogP contribution in [0.15, 0.2) is 22.7 Å². The van der Waals surface area contributed by atoms with Crippen LogP contribution in [0, 0.1) is 5.41 Å². The van der Waals surface area contributed by atoms with E-state index in [0.717, 1.165) is 34.5 Å². The largest absolute Gasteiger partial charge is 0.497 e. The standard InChI is InChI=1S/C13H16BrNO2S/c1-17-11-5-9(14)4-10(6-11)15-12(16)7-13(8-18)2-3-13/h4-6,18H,2-3,7-8H2,1H3,(H,15,16). The first-order valence-electron chi connectivity index (χ1n) is 5.82. The minimum Gasteiger partial charge on any atom is -0.497 e. The van der Waals surface area contributed by atoms with Crippen molar-refractivity contribution in [3.05, 3.63) is 22.7 Å². The van der Waals surface area contributed by atoms with E-state index in [-0.39, 0.29) is 11.3 Å². The van der Waals surface area contributed by atoms with Gasteiger partial charge in [0.1, 0.15) is 5.75 Å². The Morgan fingerprint density at radius 3 is 2.78 bits per heavy atom. The van der Waals surface area contributed by atoms with Crippen LogP contribution < -0.4 is 10.1 Å². The molecule has 18 heavy (non-hydrogen) atoms. The van der Waals surface area contributed by atoms with Crippen molar-refractivity contribution >= 4 is 40.2 Å². The Morgan fingerprint density at radius 2 is 2.22 bits per heavy atom. The van der Waals surface area contributed by atoms with Gasteiger partial charge < -0.3 is 10.1 Å². The predicted molar refractivity (Wildman–Crippen MR) is 79.5 cm³/mol. The Morgan fingerprint density at radius 1 is 1.50 bits per heavy atom. The molecule has 1 aromatic rings. The number of carbonyl (C=O) groups excluding carboxylic acids is 1. The number of carbonyl (C=O) groups is 1. The molecule has 0 radical (unpaired) electrons. The van der Waals surface area contributed by atoms with E-state index in [1.54, 1.807) is 7.11 Å². The Hall–Kier alpha value is -0.680. The summed E-state index contributed by atoms with van der Waals surface area (Å²) in [5.74, 6) is 1.54. The van der Waals surface area contributed by atoms with E-state index in [9.17, 15) is 4.79 Å². The average Bonchev–Trinajstić information content (AvgIpc) is 3.08. The smallest absolute Gasteiger partial charge is 0.224 e. The zero-order valence-electron chi connectivity index (χ0n) is 10.2. The third kappa shape index (κ3) is 3.42. The van der Waals surface area contributed by atoms with Crippen LogP contribution in [0.2, 0.25) is 0 Å². The number of hydrogen-bond donors (Lipinski definition) is 2. The lowest BCUT2D eigenvalue weighted by Gasteiger charge is -2.12. The summed E-state index contributed by atoms with van der Waals surface area (Å²) in [6, 6.07) is 5.52. The van der Waals surface area contributed by atoms with Crippen molar-refractivity contribution in [3.63, 3.8) is 0 Å². The molecule has 0 spiro atoms. The highest BCUT2D eigenvalue weighted by molar-refractivity contribution is 9.10. The van der Waals surface area contributed by atoms with E-state index < -0.39 is 0 Å². The minimum atomic E-state index is 0.0432. The van der Waals surface area contributed by atoms with Gasteiger partial charge in [-0.1, -0.05) is 15.9 Å². The zero-order chi connectivity index (χ0) is 13.2. The van der Waals surface area contributed by atoms with Gasteiger partial charge in [-0.2, -0.15) is 12.6 Å². The predicted octanol–water partition coefficient (Wildman–Crippen LogP) is 3.50. The Kier molecular flexibility index (Phi) is 4.22. The van der Waals surface area contributed by atoms with E-state index in [1.165, 1.54) is 0 Å². The summed E-state index contributed by atoms with van der Waals surface area (Å²) < 4.78 is 6.04. The van der Waals surface area contributed by atoms with Crippen molar-refractivity contribution in [2.45, 2.75) is 19.3 Å². The minimum absolute atomic E-state index is 0.0432. The Balaban J connectivity index is 2.00. The number of methoxy groups -OCH3 is 1. The number of nitrogens with one attached hydrogen (secondary N) is 1. The molecule has 1 N–H and O–H groups in total. The van der Waals surface area contributed by atoms with Crippen LogP contribution in [-0.4, -0.2) is 18.8 Å². The lowest BCUT2D eigenvalue weighted by molar-refractivity contribution is -0.117. The van der Waals surface area contributed by atoms with Crippen LogP contribution in [-0.2, 0) is 4.79 Å². The highest BCUT2D eigenvalue weighted by Crippen LogP contribution is 2.49.